The number of anilines is 1. The molecule has 1 amide bonds. The third-order valence-electron chi connectivity index (χ3n) is 5.29. The Morgan fingerprint density at radius 2 is 1.96 bits per heavy atom. The fraction of sp³-hybridized carbons (Fsp3) is 0.588. The van der Waals surface area contributed by atoms with Gasteiger partial charge in [0.15, 0.2) is 0 Å². The molecular weight excluding hydrogens is 312 g/mol. The maximum Gasteiger partial charge on any atom is 0.242 e. The van der Waals surface area contributed by atoms with E-state index in [0.29, 0.717) is 23.1 Å². The van der Waals surface area contributed by atoms with Crippen molar-refractivity contribution >= 4 is 21.6 Å². The number of hydrogen-bond donors (Lipinski definition) is 1. The van der Waals surface area contributed by atoms with Crippen LogP contribution in [0.1, 0.15) is 31.2 Å². The van der Waals surface area contributed by atoms with E-state index in [-0.39, 0.29) is 16.7 Å². The van der Waals surface area contributed by atoms with Gasteiger partial charge in [0.2, 0.25) is 15.9 Å². The zero-order chi connectivity index (χ0) is 16.8. The van der Waals surface area contributed by atoms with Gasteiger partial charge in [-0.15, -0.1) is 0 Å². The van der Waals surface area contributed by atoms with Crippen molar-refractivity contribution in [3.05, 3.63) is 23.8 Å². The molecule has 126 valence electrons. The van der Waals surface area contributed by atoms with Gasteiger partial charge in [-0.05, 0) is 55.7 Å². The lowest BCUT2D eigenvalue weighted by Gasteiger charge is -2.21. The standard InChI is InChI=1S/C17H24N2O3S/c1-11-4-7-14(10-16(11)23(21,22)19(2)3)18-17(20)15-9-12-5-6-13(15)8-12/h4,7,10,12-13,15H,5-6,8-9H2,1-3H3,(H,18,20)/t12-,13-,15+/m0/s1. The van der Waals surface area contributed by atoms with Gasteiger partial charge in [0.05, 0.1) is 4.90 Å². The molecule has 6 heteroatoms. The predicted molar refractivity (Wildman–Crippen MR) is 89.6 cm³/mol. The largest absolute Gasteiger partial charge is 0.326 e. The first kappa shape index (κ1) is 16.5. The molecule has 0 radical (unpaired) electrons. The number of benzene rings is 1. The van der Waals surface area contributed by atoms with Crippen molar-refractivity contribution in [1.82, 2.24) is 4.31 Å². The maximum atomic E-state index is 12.5. The van der Waals surface area contributed by atoms with E-state index in [0.717, 1.165) is 12.8 Å². The second-order valence-electron chi connectivity index (χ2n) is 7.04. The third kappa shape index (κ3) is 3.02. The molecule has 3 atom stereocenters. The summed E-state index contributed by atoms with van der Waals surface area (Å²) in [6.07, 6.45) is 4.55. The topological polar surface area (TPSA) is 66.5 Å². The minimum absolute atomic E-state index is 0.0363. The lowest BCUT2D eigenvalue weighted by molar-refractivity contribution is -0.121. The third-order valence-corrected chi connectivity index (χ3v) is 7.25. The smallest absolute Gasteiger partial charge is 0.242 e. The average molecular weight is 336 g/mol. The second-order valence-corrected chi connectivity index (χ2v) is 9.16. The van der Waals surface area contributed by atoms with Crippen LogP contribution in [0.3, 0.4) is 0 Å². The average Bonchev–Trinajstić information content (AvgIpc) is 3.11. The molecule has 2 fully saturated rings. The Bertz CT molecular complexity index is 727. The zero-order valence-corrected chi connectivity index (χ0v) is 14.7. The first-order valence-corrected chi connectivity index (χ1v) is 9.57. The number of nitrogens with one attached hydrogen (secondary N) is 1. The normalized spacial score (nSPS) is 26.7. The summed E-state index contributed by atoms with van der Waals surface area (Å²) in [5.74, 6) is 1.34. The molecule has 2 bridgehead atoms. The van der Waals surface area contributed by atoms with Gasteiger partial charge in [-0.3, -0.25) is 4.79 Å². The number of carbonyl (C=O) groups excluding carboxylic acids is 1. The molecule has 1 aromatic rings. The summed E-state index contributed by atoms with van der Waals surface area (Å²) in [6, 6.07) is 5.08. The van der Waals surface area contributed by atoms with Crippen LogP contribution in [-0.4, -0.2) is 32.7 Å². The van der Waals surface area contributed by atoms with Crippen LogP contribution < -0.4 is 5.32 Å². The molecule has 2 aliphatic rings. The van der Waals surface area contributed by atoms with Crippen molar-refractivity contribution in [2.24, 2.45) is 17.8 Å². The Morgan fingerprint density at radius 3 is 2.52 bits per heavy atom. The van der Waals surface area contributed by atoms with Crippen LogP contribution in [0.15, 0.2) is 23.1 Å². The minimum atomic E-state index is -3.51. The number of hydrogen-bond acceptors (Lipinski definition) is 3. The summed E-state index contributed by atoms with van der Waals surface area (Å²) in [4.78, 5) is 12.8. The molecule has 2 saturated carbocycles. The maximum absolute atomic E-state index is 12.5. The Labute approximate surface area is 138 Å². The summed E-state index contributed by atoms with van der Waals surface area (Å²) in [6.45, 7) is 1.76. The second kappa shape index (κ2) is 5.91. The molecule has 3 rings (SSSR count). The van der Waals surface area contributed by atoms with Crippen LogP contribution in [0.25, 0.3) is 0 Å². The van der Waals surface area contributed by atoms with E-state index < -0.39 is 10.0 Å². The van der Waals surface area contributed by atoms with Crippen LogP contribution in [0.5, 0.6) is 0 Å². The van der Waals surface area contributed by atoms with E-state index in [1.165, 1.54) is 31.2 Å². The molecule has 2 aliphatic carbocycles. The number of fused-ring (bicyclic) bond motifs is 2. The Morgan fingerprint density at radius 1 is 1.22 bits per heavy atom. The van der Waals surface area contributed by atoms with Crippen LogP contribution >= 0.6 is 0 Å². The molecule has 5 nitrogen and oxygen atoms in total. The molecule has 0 spiro atoms. The van der Waals surface area contributed by atoms with Gasteiger partial charge in [-0.2, -0.15) is 0 Å². The molecule has 23 heavy (non-hydrogen) atoms. The zero-order valence-electron chi connectivity index (χ0n) is 13.9. The van der Waals surface area contributed by atoms with Crippen molar-refractivity contribution in [3.63, 3.8) is 0 Å². The number of aryl methyl sites for hydroxylation is 1. The quantitative estimate of drug-likeness (QED) is 0.919. The van der Waals surface area contributed by atoms with E-state index in [2.05, 4.69) is 5.32 Å². The summed E-state index contributed by atoms with van der Waals surface area (Å²) in [7, 11) is -0.493. The molecule has 1 aromatic carbocycles. The summed E-state index contributed by atoms with van der Waals surface area (Å²) in [5, 5.41) is 2.93. The highest BCUT2D eigenvalue weighted by molar-refractivity contribution is 7.89. The van der Waals surface area contributed by atoms with Crippen LogP contribution in [0.2, 0.25) is 0 Å². The molecule has 0 heterocycles. The van der Waals surface area contributed by atoms with Crippen molar-refractivity contribution in [2.75, 3.05) is 19.4 Å². The van der Waals surface area contributed by atoms with Gasteiger partial charge in [-0.25, -0.2) is 12.7 Å². The van der Waals surface area contributed by atoms with E-state index in [9.17, 15) is 13.2 Å². The monoisotopic (exact) mass is 336 g/mol. The van der Waals surface area contributed by atoms with Gasteiger partial charge >= 0.3 is 0 Å². The predicted octanol–water partition coefficient (Wildman–Crippen LogP) is 2.62. The van der Waals surface area contributed by atoms with Crippen LogP contribution in [0.4, 0.5) is 5.69 Å². The van der Waals surface area contributed by atoms with E-state index in [1.54, 1.807) is 25.1 Å². The fourth-order valence-corrected chi connectivity index (χ4v) is 5.10. The highest BCUT2D eigenvalue weighted by atomic mass is 32.2. The Kier molecular flexibility index (Phi) is 4.23. The SMILES string of the molecule is Cc1ccc(NC(=O)[C@@H]2C[C@H]3CC[C@H]2C3)cc1S(=O)(=O)N(C)C. The van der Waals surface area contributed by atoms with Crippen molar-refractivity contribution < 1.29 is 13.2 Å². The van der Waals surface area contributed by atoms with Gasteiger partial charge < -0.3 is 5.32 Å². The number of sulfonamides is 1. The first-order chi connectivity index (χ1) is 10.8. The Balaban J connectivity index is 1.80. The van der Waals surface area contributed by atoms with E-state index >= 15 is 0 Å². The summed E-state index contributed by atoms with van der Waals surface area (Å²) >= 11 is 0. The van der Waals surface area contributed by atoms with Gasteiger partial charge in [0.1, 0.15) is 0 Å². The number of amides is 1. The van der Waals surface area contributed by atoms with E-state index in [1.807, 2.05) is 0 Å². The van der Waals surface area contributed by atoms with Crippen molar-refractivity contribution in [2.45, 2.75) is 37.5 Å². The van der Waals surface area contributed by atoms with Crippen LogP contribution in [-0.2, 0) is 14.8 Å². The number of carbonyl (C=O) groups is 1. The molecule has 0 aliphatic heterocycles. The molecule has 0 aromatic heterocycles. The van der Waals surface area contributed by atoms with Crippen molar-refractivity contribution in [1.29, 1.82) is 0 Å². The fourth-order valence-electron chi connectivity index (χ4n) is 3.95. The lowest BCUT2D eigenvalue weighted by Crippen LogP contribution is -2.27. The van der Waals surface area contributed by atoms with E-state index in [4.69, 9.17) is 0 Å². The van der Waals surface area contributed by atoms with Gasteiger partial charge in [-0.1, -0.05) is 12.5 Å². The summed E-state index contributed by atoms with van der Waals surface area (Å²) < 4.78 is 25.9. The Hall–Kier alpha value is -1.40. The van der Waals surface area contributed by atoms with Gasteiger partial charge in [0, 0.05) is 25.7 Å². The lowest BCUT2D eigenvalue weighted by atomic mass is 9.88. The highest BCUT2D eigenvalue weighted by Gasteiger charge is 2.43. The highest BCUT2D eigenvalue weighted by Crippen LogP contribution is 2.48. The molecule has 0 unspecified atom stereocenters. The van der Waals surface area contributed by atoms with Gasteiger partial charge in [0.25, 0.3) is 0 Å². The molecule has 0 saturated heterocycles. The first-order valence-electron chi connectivity index (χ1n) is 8.13. The number of rotatable bonds is 4. The minimum Gasteiger partial charge on any atom is -0.326 e. The molecule has 1 N–H and O–H groups in total. The molecular formula is C17H24N2O3S. The number of nitrogens with zero attached hydrogens (tertiary/aromatic N) is 1. The van der Waals surface area contributed by atoms with Crippen molar-refractivity contribution in [3.8, 4) is 0 Å². The van der Waals surface area contributed by atoms with Crippen LogP contribution in [0, 0.1) is 24.7 Å². The summed E-state index contributed by atoms with van der Waals surface area (Å²) in [5.41, 5.74) is 1.24.